The molecule has 0 atom stereocenters. The minimum Gasteiger partial charge on any atom is -0.316 e. The molecule has 0 saturated heterocycles. The topological polar surface area (TPSA) is 19.7 Å². The van der Waals surface area contributed by atoms with Crippen molar-refractivity contribution in [3.63, 3.8) is 0 Å². The van der Waals surface area contributed by atoms with Gasteiger partial charge in [0.25, 0.3) is 0 Å². The standard InChI is InChI=1S/C46H30N4/c1-3-12-31(13-4-1)47-28-26-39-41(47)24-22-37-35-18-7-9-20-43(35)49(45(37)39)33-16-11-17-34(30-33)50-44-21-10-8-19-36(44)38-23-25-42-40(46(38)50)27-29-48(42)32-14-5-2-6-15-32/h1-30H. The maximum absolute atomic E-state index is 2.46. The molecule has 0 saturated carbocycles. The fourth-order valence-corrected chi connectivity index (χ4v) is 8.29. The highest BCUT2D eigenvalue weighted by molar-refractivity contribution is 6.20. The maximum atomic E-state index is 2.46. The predicted octanol–water partition coefficient (Wildman–Crippen LogP) is 11.8. The number of hydrogen-bond acceptors (Lipinski definition) is 0. The van der Waals surface area contributed by atoms with Gasteiger partial charge in [-0.05, 0) is 78.9 Å². The molecule has 0 spiro atoms. The third-order valence-electron chi connectivity index (χ3n) is 10.4. The molecule has 0 aliphatic rings. The van der Waals surface area contributed by atoms with Crippen LogP contribution >= 0.6 is 0 Å². The first kappa shape index (κ1) is 27.2. The lowest BCUT2D eigenvalue weighted by molar-refractivity contribution is 1.13. The van der Waals surface area contributed by atoms with E-state index in [1.54, 1.807) is 0 Å². The second kappa shape index (κ2) is 10.4. The minimum absolute atomic E-state index is 1.13. The molecule has 4 nitrogen and oxygen atoms in total. The summed E-state index contributed by atoms with van der Waals surface area (Å²) in [6.07, 6.45) is 4.39. The first-order valence-corrected chi connectivity index (χ1v) is 17.1. The van der Waals surface area contributed by atoms with Crippen LogP contribution in [0.15, 0.2) is 182 Å². The van der Waals surface area contributed by atoms with E-state index in [9.17, 15) is 0 Å². The number of rotatable bonds is 4. The van der Waals surface area contributed by atoms with Crippen molar-refractivity contribution >= 4 is 65.4 Å². The van der Waals surface area contributed by atoms with Gasteiger partial charge >= 0.3 is 0 Å². The third kappa shape index (κ3) is 3.76. The largest absolute Gasteiger partial charge is 0.316 e. The van der Waals surface area contributed by atoms with Crippen molar-refractivity contribution in [2.75, 3.05) is 0 Å². The van der Waals surface area contributed by atoms with Gasteiger partial charge in [0.1, 0.15) is 0 Å². The minimum atomic E-state index is 1.13. The Balaban J connectivity index is 1.19. The fourth-order valence-electron chi connectivity index (χ4n) is 8.29. The number of para-hydroxylation sites is 4. The van der Waals surface area contributed by atoms with Crippen LogP contribution in [0.3, 0.4) is 0 Å². The molecule has 11 rings (SSSR count). The first-order valence-electron chi connectivity index (χ1n) is 17.1. The van der Waals surface area contributed by atoms with E-state index in [-0.39, 0.29) is 0 Å². The molecule has 0 unspecified atom stereocenters. The lowest BCUT2D eigenvalue weighted by Gasteiger charge is -2.14. The van der Waals surface area contributed by atoms with Crippen LogP contribution in [0, 0.1) is 0 Å². The van der Waals surface area contributed by atoms with Gasteiger partial charge in [0, 0.05) is 67.5 Å². The molecule has 0 aliphatic heterocycles. The van der Waals surface area contributed by atoms with E-state index in [0.717, 1.165) is 22.7 Å². The molecular weight excluding hydrogens is 609 g/mol. The van der Waals surface area contributed by atoms with E-state index in [1.807, 2.05) is 0 Å². The summed E-state index contributed by atoms with van der Waals surface area (Å²) in [5, 5.41) is 7.48. The van der Waals surface area contributed by atoms with Gasteiger partial charge in [-0.15, -0.1) is 0 Å². The Bertz CT molecular complexity index is 2870. The number of fused-ring (bicyclic) bond motifs is 10. The summed E-state index contributed by atoms with van der Waals surface area (Å²) in [7, 11) is 0. The van der Waals surface area contributed by atoms with E-state index < -0.39 is 0 Å². The van der Waals surface area contributed by atoms with E-state index in [0.29, 0.717) is 0 Å². The summed E-state index contributed by atoms with van der Waals surface area (Å²) in [5.74, 6) is 0. The molecular formula is C46H30N4. The monoisotopic (exact) mass is 638 g/mol. The van der Waals surface area contributed by atoms with Crippen molar-refractivity contribution in [1.82, 2.24) is 18.3 Å². The van der Waals surface area contributed by atoms with E-state index in [2.05, 4.69) is 201 Å². The summed E-state index contributed by atoms with van der Waals surface area (Å²) in [6, 6.07) is 61.5. The molecule has 0 fully saturated rings. The van der Waals surface area contributed by atoms with Crippen LogP contribution in [0.4, 0.5) is 0 Å². The zero-order chi connectivity index (χ0) is 32.8. The molecule has 0 radical (unpaired) electrons. The normalized spacial score (nSPS) is 12.0. The van der Waals surface area contributed by atoms with Crippen molar-refractivity contribution < 1.29 is 0 Å². The Labute approximate surface area is 287 Å². The molecule has 0 aliphatic carbocycles. The highest BCUT2D eigenvalue weighted by Gasteiger charge is 2.20. The smallest absolute Gasteiger partial charge is 0.0635 e. The summed E-state index contributed by atoms with van der Waals surface area (Å²) in [5.41, 5.74) is 11.8. The van der Waals surface area contributed by atoms with Crippen molar-refractivity contribution in [2.45, 2.75) is 0 Å². The lowest BCUT2D eigenvalue weighted by atomic mass is 10.1. The van der Waals surface area contributed by atoms with E-state index >= 15 is 0 Å². The van der Waals surface area contributed by atoms with Crippen LogP contribution in [0.1, 0.15) is 0 Å². The van der Waals surface area contributed by atoms with E-state index in [4.69, 9.17) is 0 Å². The summed E-state index contributed by atoms with van der Waals surface area (Å²) in [4.78, 5) is 0. The van der Waals surface area contributed by atoms with Gasteiger partial charge in [-0.1, -0.05) is 91.0 Å². The molecule has 0 amide bonds. The van der Waals surface area contributed by atoms with Crippen molar-refractivity contribution in [1.29, 1.82) is 0 Å². The number of benzene rings is 7. The predicted molar refractivity (Wildman–Crippen MR) is 209 cm³/mol. The zero-order valence-corrected chi connectivity index (χ0v) is 27.1. The van der Waals surface area contributed by atoms with Crippen molar-refractivity contribution in [2.24, 2.45) is 0 Å². The molecule has 0 N–H and O–H groups in total. The van der Waals surface area contributed by atoms with Crippen LogP contribution in [-0.4, -0.2) is 18.3 Å². The van der Waals surface area contributed by atoms with Gasteiger partial charge in [0.15, 0.2) is 0 Å². The third-order valence-corrected chi connectivity index (χ3v) is 10.4. The Morgan fingerprint density at radius 2 is 0.680 bits per heavy atom. The summed E-state index contributed by atoms with van der Waals surface area (Å²) < 4.78 is 9.50. The molecule has 4 aromatic heterocycles. The Morgan fingerprint density at radius 1 is 0.260 bits per heavy atom. The van der Waals surface area contributed by atoms with Gasteiger partial charge in [-0.3, -0.25) is 0 Å². The van der Waals surface area contributed by atoms with Crippen LogP contribution in [0.2, 0.25) is 0 Å². The average Bonchev–Trinajstić information content (AvgIpc) is 3.96. The van der Waals surface area contributed by atoms with Gasteiger partial charge in [-0.25, -0.2) is 0 Å². The molecule has 4 heteroatoms. The molecule has 7 aromatic carbocycles. The maximum Gasteiger partial charge on any atom is 0.0635 e. The molecule has 50 heavy (non-hydrogen) atoms. The second-order valence-electron chi connectivity index (χ2n) is 13.1. The molecule has 11 aromatic rings. The highest BCUT2D eigenvalue weighted by Crippen LogP contribution is 2.40. The van der Waals surface area contributed by atoms with Gasteiger partial charge < -0.3 is 18.3 Å². The van der Waals surface area contributed by atoms with Gasteiger partial charge in [0.2, 0.25) is 0 Å². The zero-order valence-electron chi connectivity index (χ0n) is 27.1. The average molecular weight is 639 g/mol. The van der Waals surface area contributed by atoms with Crippen LogP contribution in [-0.2, 0) is 0 Å². The Kier molecular flexibility index (Phi) is 5.63. The summed E-state index contributed by atoms with van der Waals surface area (Å²) in [6.45, 7) is 0. The Morgan fingerprint density at radius 3 is 1.16 bits per heavy atom. The Hall–Kier alpha value is -6.78. The first-order chi connectivity index (χ1) is 24.8. The van der Waals surface area contributed by atoms with Gasteiger partial charge in [-0.2, -0.15) is 0 Å². The van der Waals surface area contributed by atoms with E-state index in [1.165, 1.54) is 65.4 Å². The quantitative estimate of drug-likeness (QED) is 0.183. The fraction of sp³-hybridized carbons (Fsp3) is 0. The second-order valence-corrected chi connectivity index (χ2v) is 13.1. The van der Waals surface area contributed by atoms with Crippen LogP contribution in [0.25, 0.3) is 88.2 Å². The highest BCUT2D eigenvalue weighted by atomic mass is 15.0. The van der Waals surface area contributed by atoms with Gasteiger partial charge in [0.05, 0.1) is 33.1 Å². The number of hydrogen-bond donors (Lipinski definition) is 0. The number of nitrogens with zero attached hydrogens (tertiary/aromatic N) is 4. The van der Waals surface area contributed by atoms with Crippen LogP contribution in [0.5, 0.6) is 0 Å². The molecule has 4 heterocycles. The van der Waals surface area contributed by atoms with Crippen molar-refractivity contribution in [3.05, 3.63) is 182 Å². The molecule has 234 valence electrons. The lowest BCUT2D eigenvalue weighted by Crippen LogP contribution is -1.99. The SMILES string of the molecule is c1ccc(-n2ccc3c2ccc2c4ccccc4n(-c4cccc(-n5c6ccccc6c6ccc7c(ccn7-c7ccccc7)c65)c4)c23)cc1. The van der Waals surface area contributed by atoms with Crippen LogP contribution < -0.4 is 0 Å². The summed E-state index contributed by atoms with van der Waals surface area (Å²) >= 11 is 0. The number of aromatic nitrogens is 4. The van der Waals surface area contributed by atoms with Crippen molar-refractivity contribution in [3.8, 4) is 22.7 Å². The molecule has 0 bridgehead atoms.